The molecule has 1 saturated carbocycles. The van der Waals surface area contributed by atoms with Crippen molar-refractivity contribution in [1.29, 1.82) is 0 Å². The van der Waals surface area contributed by atoms with Crippen LogP contribution in [0, 0.1) is 0 Å². The third kappa shape index (κ3) is 5.25. The van der Waals surface area contributed by atoms with E-state index in [1.807, 2.05) is 18.2 Å². The van der Waals surface area contributed by atoms with Gasteiger partial charge in [-0.15, -0.1) is 0 Å². The van der Waals surface area contributed by atoms with Crippen molar-refractivity contribution >= 4 is 23.4 Å². The van der Waals surface area contributed by atoms with Gasteiger partial charge in [0.1, 0.15) is 0 Å². The standard InChI is InChI=1S/C21H30ClN3O3/c22-17-3-1-2-16(14-17)21(15-23)8-6-18(7-9-21)24-19(26)4-5-20(27)25-10-12-28-13-11-25/h1-3,14,18H,4-13,15,23H2,(H,24,26)/t18-,21-. The third-order valence-corrected chi connectivity index (χ3v) is 6.30. The molecule has 7 heteroatoms. The molecule has 0 radical (unpaired) electrons. The highest BCUT2D eigenvalue weighted by Gasteiger charge is 2.36. The molecule has 2 fully saturated rings. The maximum absolute atomic E-state index is 12.3. The molecule has 0 aromatic heterocycles. The van der Waals surface area contributed by atoms with Crippen molar-refractivity contribution < 1.29 is 14.3 Å². The van der Waals surface area contributed by atoms with Gasteiger partial charge in [0.05, 0.1) is 13.2 Å². The Morgan fingerprint density at radius 3 is 2.57 bits per heavy atom. The first-order valence-corrected chi connectivity index (χ1v) is 10.5. The number of carbonyl (C=O) groups is 2. The number of benzene rings is 1. The number of rotatable bonds is 6. The van der Waals surface area contributed by atoms with Crippen molar-refractivity contribution in [2.45, 2.75) is 50.0 Å². The van der Waals surface area contributed by atoms with Gasteiger partial charge in [-0.2, -0.15) is 0 Å². The van der Waals surface area contributed by atoms with E-state index in [-0.39, 0.29) is 36.1 Å². The number of hydrogen-bond acceptors (Lipinski definition) is 4. The van der Waals surface area contributed by atoms with Gasteiger partial charge in [0.2, 0.25) is 11.8 Å². The molecule has 0 bridgehead atoms. The van der Waals surface area contributed by atoms with Gasteiger partial charge in [0, 0.05) is 49.0 Å². The van der Waals surface area contributed by atoms with Crippen molar-refractivity contribution in [3.8, 4) is 0 Å². The summed E-state index contributed by atoms with van der Waals surface area (Å²) in [4.78, 5) is 26.2. The van der Waals surface area contributed by atoms with Gasteiger partial charge in [0.15, 0.2) is 0 Å². The smallest absolute Gasteiger partial charge is 0.223 e. The number of halogens is 1. The molecule has 1 aliphatic carbocycles. The van der Waals surface area contributed by atoms with Gasteiger partial charge < -0.3 is 20.7 Å². The van der Waals surface area contributed by atoms with E-state index in [2.05, 4.69) is 11.4 Å². The molecule has 1 saturated heterocycles. The first kappa shape index (κ1) is 21.1. The van der Waals surface area contributed by atoms with Gasteiger partial charge in [-0.05, 0) is 43.4 Å². The fourth-order valence-corrected chi connectivity index (χ4v) is 4.43. The van der Waals surface area contributed by atoms with Crippen LogP contribution in [0.25, 0.3) is 0 Å². The van der Waals surface area contributed by atoms with Crippen molar-refractivity contribution in [3.05, 3.63) is 34.9 Å². The number of nitrogens with two attached hydrogens (primary N) is 1. The SMILES string of the molecule is NC[C@]1(c2cccc(Cl)c2)CC[C@H](NC(=O)CCC(=O)N2CCOCC2)CC1. The summed E-state index contributed by atoms with van der Waals surface area (Å²) < 4.78 is 5.25. The quantitative estimate of drug-likeness (QED) is 0.757. The molecule has 28 heavy (non-hydrogen) atoms. The Labute approximate surface area is 171 Å². The lowest BCUT2D eigenvalue weighted by Gasteiger charge is -2.40. The van der Waals surface area contributed by atoms with Gasteiger partial charge in [-0.3, -0.25) is 9.59 Å². The van der Waals surface area contributed by atoms with Crippen molar-refractivity contribution in [3.63, 3.8) is 0 Å². The average molecular weight is 408 g/mol. The van der Waals surface area contributed by atoms with Gasteiger partial charge in [-0.25, -0.2) is 0 Å². The van der Waals surface area contributed by atoms with E-state index in [1.165, 1.54) is 5.56 Å². The molecule has 0 atom stereocenters. The van der Waals surface area contributed by atoms with Crippen molar-refractivity contribution in [2.75, 3.05) is 32.8 Å². The Hall–Kier alpha value is -1.63. The van der Waals surface area contributed by atoms with Crippen molar-refractivity contribution in [1.82, 2.24) is 10.2 Å². The van der Waals surface area contributed by atoms with Crippen LogP contribution in [0.15, 0.2) is 24.3 Å². The van der Waals surface area contributed by atoms with E-state index in [0.29, 0.717) is 32.8 Å². The minimum atomic E-state index is -0.0710. The predicted molar refractivity (Wildman–Crippen MR) is 109 cm³/mol. The summed E-state index contributed by atoms with van der Waals surface area (Å²) in [6.07, 6.45) is 4.10. The molecule has 0 spiro atoms. The van der Waals surface area contributed by atoms with E-state index in [1.54, 1.807) is 4.90 Å². The molecule has 3 N–H and O–H groups in total. The van der Waals surface area contributed by atoms with E-state index in [4.69, 9.17) is 22.1 Å². The molecule has 0 unspecified atom stereocenters. The topological polar surface area (TPSA) is 84.7 Å². The summed E-state index contributed by atoms with van der Waals surface area (Å²) in [7, 11) is 0. The molecular weight excluding hydrogens is 378 g/mol. The van der Waals surface area contributed by atoms with Crippen LogP contribution in [0.1, 0.15) is 44.1 Å². The normalized spacial score (nSPS) is 25.4. The van der Waals surface area contributed by atoms with Crippen LogP contribution >= 0.6 is 11.6 Å². The number of hydrogen-bond donors (Lipinski definition) is 2. The highest BCUT2D eigenvalue weighted by molar-refractivity contribution is 6.30. The molecule has 2 aliphatic rings. The lowest BCUT2D eigenvalue weighted by molar-refractivity contribution is -0.137. The molecule has 1 aliphatic heterocycles. The monoisotopic (exact) mass is 407 g/mol. The Kier molecular flexibility index (Phi) is 7.32. The zero-order valence-corrected chi connectivity index (χ0v) is 17.0. The molecular formula is C21H30ClN3O3. The Morgan fingerprint density at radius 2 is 1.93 bits per heavy atom. The molecule has 1 aromatic carbocycles. The lowest BCUT2D eigenvalue weighted by atomic mass is 9.68. The fraction of sp³-hybridized carbons (Fsp3) is 0.619. The Bertz CT molecular complexity index is 683. The van der Waals surface area contributed by atoms with Crippen LogP contribution in [-0.4, -0.2) is 55.6 Å². The van der Waals surface area contributed by atoms with Gasteiger partial charge >= 0.3 is 0 Å². The number of nitrogens with zero attached hydrogens (tertiary/aromatic N) is 1. The molecule has 1 heterocycles. The van der Waals surface area contributed by atoms with Gasteiger partial charge in [0.25, 0.3) is 0 Å². The summed E-state index contributed by atoms with van der Waals surface area (Å²) in [6.45, 7) is 2.97. The summed E-state index contributed by atoms with van der Waals surface area (Å²) in [5.74, 6) is -0.0141. The second-order valence-corrected chi connectivity index (χ2v) is 8.27. The first-order valence-electron chi connectivity index (χ1n) is 10.1. The van der Waals surface area contributed by atoms with E-state index >= 15 is 0 Å². The van der Waals surface area contributed by atoms with E-state index < -0.39 is 0 Å². The fourth-order valence-electron chi connectivity index (χ4n) is 4.23. The molecule has 3 rings (SSSR count). The van der Waals surface area contributed by atoms with Crippen LogP contribution in [0.4, 0.5) is 0 Å². The largest absolute Gasteiger partial charge is 0.378 e. The average Bonchev–Trinajstić information content (AvgIpc) is 2.73. The highest BCUT2D eigenvalue weighted by atomic mass is 35.5. The number of nitrogens with one attached hydrogen (secondary N) is 1. The second-order valence-electron chi connectivity index (χ2n) is 7.83. The lowest BCUT2D eigenvalue weighted by Crippen LogP contribution is -2.45. The number of carbonyl (C=O) groups excluding carboxylic acids is 2. The third-order valence-electron chi connectivity index (χ3n) is 6.07. The van der Waals surface area contributed by atoms with Gasteiger partial charge in [-0.1, -0.05) is 23.7 Å². The minimum Gasteiger partial charge on any atom is -0.378 e. The van der Waals surface area contributed by atoms with Crippen molar-refractivity contribution in [2.24, 2.45) is 5.73 Å². The van der Waals surface area contributed by atoms with Crippen LogP contribution in [0.5, 0.6) is 0 Å². The first-order chi connectivity index (χ1) is 13.5. The number of amides is 2. The summed E-state index contributed by atoms with van der Waals surface area (Å²) in [6, 6.07) is 8.08. The van der Waals surface area contributed by atoms with Crippen LogP contribution < -0.4 is 11.1 Å². The Morgan fingerprint density at radius 1 is 1.21 bits per heavy atom. The zero-order valence-electron chi connectivity index (χ0n) is 16.3. The van der Waals surface area contributed by atoms with E-state index in [0.717, 1.165) is 30.7 Å². The summed E-state index contributed by atoms with van der Waals surface area (Å²) in [5.41, 5.74) is 7.25. The maximum atomic E-state index is 12.3. The zero-order chi connectivity index (χ0) is 20.0. The Balaban J connectivity index is 1.45. The minimum absolute atomic E-state index is 0.0326. The molecule has 154 valence electrons. The van der Waals surface area contributed by atoms with Crippen LogP contribution in [0.2, 0.25) is 5.02 Å². The van der Waals surface area contributed by atoms with Crippen LogP contribution in [-0.2, 0) is 19.7 Å². The number of morpholine rings is 1. The predicted octanol–water partition coefficient (Wildman–Crippen LogP) is 2.23. The van der Waals surface area contributed by atoms with Crippen LogP contribution in [0.3, 0.4) is 0 Å². The number of ether oxygens (including phenoxy) is 1. The summed E-state index contributed by atoms with van der Waals surface area (Å²) in [5, 5.41) is 3.83. The van der Waals surface area contributed by atoms with E-state index in [9.17, 15) is 9.59 Å². The molecule has 2 amide bonds. The maximum Gasteiger partial charge on any atom is 0.223 e. The highest BCUT2D eigenvalue weighted by Crippen LogP contribution is 2.39. The second kappa shape index (κ2) is 9.72. The molecule has 1 aromatic rings. The summed E-state index contributed by atoms with van der Waals surface area (Å²) >= 11 is 6.16. The molecule has 6 nitrogen and oxygen atoms in total.